The summed E-state index contributed by atoms with van der Waals surface area (Å²) >= 11 is 0. The zero-order valence-electron chi connectivity index (χ0n) is 13.0. The van der Waals surface area contributed by atoms with Gasteiger partial charge in [0.1, 0.15) is 0 Å². The lowest BCUT2D eigenvalue weighted by molar-refractivity contribution is 0.0590. The first-order valence-corrected chi connectivity index (χ1v) is 7.26. The van der Waals surface area contributed by atoms with Gasteiger partial charge >= 0.3 is 5.97 Å². The molecule has 6 heteroatoms. The van der Waals surface area contributed by atoms with E-state index in [0.717, 1.165) is 5.39 Å². The molecule has 0 spiro atoms. The van der Waals surface area contributed by atoms with Crippen molar-refractivity contribution in [1.82, 2.24) is 4.98 Å². The molecule has 0 atom stereocenters. The predicted molar refractivity (Wildman–Crippen MR) is 86.2 cm³/mol. The van der Waals surface area contributed by atoms with Gasteiger partial charge in [-0.2, -0.15) is 0 Å². The Balaban J connectivity index is 2.00. The second-order valence-electron chi connectivity index (χ2n) is 5.12. The summed E-state index contributed by atoms with van der Waals surface area (Å²) < 4.78 is 22.1. The lowest BCUT2D eigenvalue weighted by Crippen LogP contribution is -2.11. The molecule has 2 heterocycles. The molecule has 24 heavy (non-hydrogen) atoms. The second-order valence-corrected chi connectivity index (χ2v) is 5.12. The second kappa shape index (κ2) is 5.42. The Kier molecular flexibility index (Phi) is 3.23. The summed E-state index contributed by atoms with van der Waals surface area (Å²) in [6.07, 6.45) is 0. The van der Waals surface area contributed by atoms with E-state index in [1.165, 1.54) is 7.11 Å². The van der Waals surface area contributed by atoms with Crippen LogP contribution in [-0.2, 0) is 4.74 Å². The Morgan fingerprint density at radius 2 is 1.79 bits per heavy atom. The number of rotatable bonds is 2. The summed E-state index contributed by atoms with van der Waals surface area (Å²) in [5, 5.41) is 0.733. The van der Waals surface area contributed by atoms with E-state index in [-0.39, 0.29) is 11.4 Å². The van der Waals surface area contributed by atoms with Crippen molar-refractivity contribution in [2.75, 3.05) is 14.2 Å². The standard InChI is InChI=1S/C18H13NO5/c1-21-12-8-5-9-13-16(12)24-15-10-6-3-4-7-11(10)19-14(17(15)23-13)18(20)22-2/h3-9H,1-2H3. The monoisotopic (exact) mass is 323 g/mol. The van der Waals surface area contributed by atoms with Crippen molar-refractivity contribution in [2.45, 2.75) is 0 Å². The maximum absolute atomic E-state index is 12.1. The summed E-state index contributed by atoms with van der Waals surface area (Å²) in [5.41, 5.74) is 0.679. The number of hydrogen-bond donors (Lipinski definition) is 0. The zero-order valence-corrected chi connectivity index (χ0v) is 13.0. The molecule has 1 aliphatic rings. The summed E-state index contributed by atoms with van der Waals surface area (Å²) in [6.45, 7) is 0. The number of pyridine rings is 1. The molecule has 3 aromatic rings. The van der Waals surface area contributed by atoms with Gasteiger partial charge in [0, 0.05) is 5.39 Å². The molecule has 0 radical (unpaired) electrons. The molecule has 0 saturated carbocycles. The van der Waals surface area contributed by atoms with Gasteiger partial charge in [-0.3, -0.25) is 0 Å². The maximum Gasteiger partial charge on any atom is 0.360 e. The van der Waals surface area contributed by atoms with E-state index in [1.54, 1.807) is 31.4 Å². The minimum atomic E-state index is -0.591. The van der Waals surface area contributed by atoms with E-state index >= 15 is 0 Å². The third-order valence-electron chi connectivity index (χ3n) is 3.76. The molecule has 0 fully saturated rings. The number of fused-ring (bicyclic) bond motifs is 4. The zero-order chi connectivity index (χ0) is 16.7. The molecule has 120 valence electrons. The van der Waals surface area contributed by atoms with Crippen LogP contribution >= 0.6 is 0 Å². The van der Waals surface area contributed by atoms with Crippen LogP contribution in [0.5, 0.6) is 28.7 Å². The predicted octanol–water partition coefficient (Wildman–Crippen LogP) is 3.93. The van der Waals surface area contributed by atoms with Crippen LogP contribution in [0.3, 0.4) is 0 Å². The fourth-order valence-corrected chi connectivity index (χ4v) is 2.64. The number of ether oxygens (including phenoxy) is 4. The molecule has 2 aromatic carbocycles. The Morgan fingerprint density at radius 1 is 0.958 bits per heavy atom. The Hall–Kier alpha value is -3.28. The van der Waals surface area contributed by atoms with Crippen molar-refractivity contribution in [3.63, 3.8) is 0 Å². The number of para-hydroxylation sites is 2. The molecule has 0 bridgehead atoms. The highest BCUT2D eigenvalue weighted by atomic mass is 16.6. The third kappa shape index (κ3) is 2.04. The molecule has 4 rings (SSSR count). The fraction of sp³-hybridized carbons (Fsp3) is 0.111. The SMILES string of the molecule is COC(=O)c1nc2ccccc2c2c1Oc1cccc(OC)c1O2. The summed E-state index contributed by atoms with van der Waals surface area (Å²) in [5.74, 6) is 1.51. The number of benzene rings is 2. The number of esters is 1. The van der Waals surface area contributed by atoms with Crippen LogP contribution in [0.2, 0.25) is 0 Å². The number of carbonyl (C=O) groups is 1. The van der Waals surface area contributed by atoms with Gasteiger partial charge in [-0.25, -0.2) is 9.78 Å². The quantitative estimate of drug-likeness (QED) is 0.521. The van der Waals surface area contributed by atoms with Crippen molar-refractivity contribution in [3.8, 4) is 28.7 Å². The molecule has 1 aromatic heterocycles. The summed E-state index contributed by atoms with van der Waals surface area (Å²) in [7, 11) is 2.85. The lowest BCUT2D eigenvalue weighted by atomic mass is 10.1. The molecular formula is C18H13NO5. The molecule has 6 nitrogen and oxygen atoms in total. The number of methoxy groups -OCH3 is 2. The van der Waals surface area contributed by atoms with Crippen LogP contribution < -0.4 is 14.2 Å². The van der Waals surface area contributed by atoms with Crippen LogP contribution in [0.25, 0.3) is 10.9 Å². The first-order valence-electron chi connectivity index (χ1n) is 7.26. The van der Waals surface area contributed by atoms with Gasteiger partial charge in [-0.15, -0.1) is 0 Å². The van der Waals surface area contributed by atoms with Crippen LogP contribution in [-0.4, -0.2) is 25.2 Å². The molecule has 0 unspecified atom stereocenters. The fourth-order valence-electron chi connectivity index (χ4n) is 2.64. The third-order valence-corrected chi connectivity index (χ3v) is 3.76. The van der Waals surface area contributed by atoms with Gasteiger partial charge in [0.15, 0.2) is 22.9 Å². The van der Waals surface area contributed by atoms with Crippen molar-refractivity contribution in [1.29, 1.82) is 0 Å². The van der Waals surface area contributed by atoms with Crippen LogP contribution in [0.1, 0.15) is 10.5 Å². The van der Waals surface area contributed by atoms with Crippen molar-refractivity contribution in [2.24, 2.45) is 0 Å². The van der Waals surface area contributed by atoms with Crippen LogP contribution in [0.15, 0.2) is 42.5 Å². The van der Waals surface area contributed by atoms with Gasteiger partial charge in [-0.05, 0) is 24.3 Å². The normalized spacial score (nSPS) is 11.8. The maximum atomic E-state index is 12.1. The van der Waals surface area contributed by atoms with E-state index in [4.69, 9.17) is 18.9 Å². The Labute approximate surface area is 137 Å². The van der Waals surface area contributed by atoms with Crippen LogP contribution in [0, 0.1) is 0 Å². The smallest absolute Gasteiger partial charge is 0.360 e. The highest BCUT2D eigenvalue weighted by Gasteiger charge is 2.30. The van der Waals surface area contributed by atoms with E-state index in [2.05, 4.69) is 4.98 Å². The average Bonchev–Trinajstić information content (AvgIpc) is 2.64. The molecular weight excluding hydrogens is 310 g/mol. The van der Waals surface area contributed by atoms with E-state index in [1.807, 2.05) is 18.2 Å². The summed E-state index contributed by atoms with van der Waals surface area (Å²) in [4.78, 5) is 16.5. The minimum absolute atomic E-state index is 0.0691. The number of carbonyl (C=O) groups excluding carboxylic acids is 1. The average molecular weight is 323 g/mol. The summed E-state index contributed by atoms with van der Waals surface area (Å²) in [6, 6.07) is 12.6. The Bertz CT molecular complexity index is 967. The Morgan fingerprint density at radius 3 is 2.58 bits per heavy atom. The molecule has 1 aliphatic heterocycles. The highest BCUT2D eigenvalue weighted by Crippen LogP contribution is 2.52. The molecule has 0 aliphatic carbocycles. The van der Waals surface area contributed by atoms with Gasteiger partial charge in [0.05, 0.1) is 19.7 Å². The number of hydrogen-bond acceptors (Lipinski definition) is 6. The van der Waals surface area contributed by atoms with E-state index in [0.29, 0.717) is 28.5 Å². The highest BCUT2D eigenvalue weighted by molar-refractivity contribution is 5.99. The van der Waals surface area contributed by atoms with Crippen LogP contribution in [0.4, 0.5) is 0 Å². The van der Waals surface area contributed by atoms with Gasteiger partial charge in [0.2, 0.25) is 11.5 Å². The van der Waals surface area contributed by atoms with Crippen molar-refractivity contribution >= 4 is 16.9 Å². The van der Waals surface area contributed by atoms with E-state index < -0.39 is 5.97 Å². The van der Waals surface area contributed by atoms with Crippen molar-refractivity contribution < 1.29 is 23.7 Å². The number of aromatic nitrogens is 1. The first kappa shape index (κ1) is 14.3. The van der Waals surface area contributed by atoms with Gasteiger partial charge in [0.25, 0.3) is 0 Å². The minimum Gasteiger partial charge on any atom is -0.493 e. The largest absolute Gasteiger partial charge is 0.493 e. The molecule has 0 amide bonds. The topological polar surface area (TPSA) is 66.9 Å². The lowest BCUT2D eigenvalue weighted by Gasteiger charge is -2.24. The first-order chi connectivity index (χ1) is 11.7. The van der Waals surface area contributed by atoms with E-state index in [9.17, 15) is 4.79 Å². The molecule has 0 saturated heterocycles. The number of nitrogens with zero attached hydrogens (tertiary/aromatic N) is 1. The van der Waals surface area contributed by atoms with Gasteiger partial charge in [-0.1, -0.05) is 18.2 Å². The van der Waals surface area contributed by atoms with Crippen molar-refractivity contribution in [3.05, 3.63) is 48.2 Å². The molecule has 0 N–H and O–H groups in total. The van der Waals surface area contributed by atoms with Gasteiger partial charge < -0.3 is 18.9 Å².